The first-order valence-electron chi connectivity index (χ1n) is 7.66. The second kappa shape index (κ2) is 6.03. The second-order valence-corrected chi connectivity index (χ2v) is 5.67. The molecule has 0 saturated heterocycles. The van der Waals surface area contributed by atoms with Gasteiger partial charge in [0.1, 0.15) is 11.6 Å². The Hall–Kier alpha value is -3.62. The Morgan fingerprint density at radius 1 is 1.00 bits per heavy atom. The van der Waals surface area contributed by atoms with Crippen LogP contribution in [0.15, 0.2) is 42.9 Å². The summed E-state index contributed by atoms with van der Waals surface area (Å²) in [6.45, 7) is -0.159. The normalized spacial score (nSPS) is 11.2. The Labute approximate surface area is 146 Å². The van der Waals surface area contributed by atoms with Gasteiger partial charge in [-0.05, 0) is 24.3 Å². The van der Waals surface area contributed by atoms with Gasteiger partial charge in [-0.2, -0.15) is 10.1 Å². The van der Waals surface area contributed by atoms with Crippen LogP contribution in [0, 0.1) is 11.6 Å². The average molecular weight is 353 g/mol. The third-order valence-electron chi connectivity index (χ3n) is 3.94. The summed E-state index contributed by atoms with van der Waals surface area (Å²) in [4.78, 5) is 12.4. The SMILES string of the molecule is Nc1cc(F)c(Cn2ncc3c(-c4ccncc4)nc(N)nc32)c(F)c1. The van der Waals surface area contributed by atoms with E-state index < -0.39 is 11.6 Å². The number of anilines is 2. The molecule has 4 rings (SSSR count). The molecule has 26 heavy (non-hydrogen) atoms. The van der Waals surface area contributed by atoms with Gasteiger partial charge in [0.15, 0.2) is 5.65 Å². The second-order valence-electron chi connectivity index (χ2n) is 5.67. The molecule has 130 valence electrons. The van der Waals surface area contributed by atoms with Crippen LogP contribution in [0.1, 0.15) is 5.56 Å². The van der Waals surface area contributed by atoms with E-state index in [0.717, 1.165) is 17.7 Å². The predicted octanol–water partition coefficient (Wildman–Crippen LogP) is 2.38. The molecule has 0 saturated carbocycles. The van der Waals surface area contributed by atoms with Crippen molar-refractivity contribution in [3.8, 4) is 11.3 Å². The van der Waals surface area contributed by atoms with Crippen LogP contribution in [-0.4, -0.2) is 24.7 Å². The van der Waals surface area contributed by atoms with Crippen LogP contribution in [0.25, 0.3) is 22.3 Å². The molecule has 7 nitrogen and oxygen atoms in total. The van der Waals surface area contributed by atoms with Crippen molar-refractivity contribution in [2.45, 2.75) is 6.54 Å². The van der Waals surface area contributed by atoms with E-state index >= 15 is 0 Å². The van der Waals surface area contributed by atoms with Crippen molar-refractivity contribution in [1.29, 1.82) is 0 Å². The molecule has 0 amide bonds. The molecule has 1 aromatic carbocycles. The maximum Gasteiger partial charge on any atom is 0.222 e. The van der Waals surface area contributed by atoms with Gasteiger partial charge in [-0.1, -0.05) is 0 Å². The highest BCUT2D eigenvalue weighted by atomic mass is 19.1. The lowest BCUT2D eigenvalue weighted by Gasteiger charge is -2.08. The molecule has 0 aliphatic rings. The molecule has 0 fully saturated rings. The first-order valence-corrected chi connectivity index (χ1v) is 7.66. The Morgan fingerprint density at radius 3 is 2.38 bits per heavy atom. The zero-order valence-electron chi connectivity index (χ0n) is 13.4. The number of nitrogens with two attached hydrogens (primary N) is 2. The summed E-state index contributed by atoms with van der Waals surface area (Å²) in [5.41, 5.74) is 12.9. The third kappa shape index (κ3) is 2.69. The number of nitrogen functional groups attached to an aromatic ring is 2. The van der Waals surface area contributed by atoms with E-state index in [4.69, 9.17) is 11.5 Å². The number of hydrogen-bond acceptors (Lipinski definition) is 6. The number of rotatable bonds is 3. The highest BCUT2D eigenvalue weighted by Crippen LogP contribution is 2.27. The van der Waals surface area contributed by atoms with E-state index in [2.05, 4.69) is 20.1 Å². The van der Waals surface area contributed by atoms with Gasteiger partial charge in [0, 0.05) is 29.2 Å². The quantitative estimate of drug-likeness (QED) is 0.548. The van der Waals surface area contributed by atoms with Gasteiger partial charge in [0.25, 0.3) is 0 Å². The summed E-state index contributed by atoms with van der Waals surface area (Å²) >= 11 is 0. The van der Waals surface area contributed by atoms with Gasteiger partial charge in [-0.3, -0.25) is 4.98 Å². The van der Waals surface area contributed by atoms with Gasteiger partial charge >= 0.3 is 0 Å². The number of benzene rings is 1. The maximum atomic E-state index is 14.1. The number of halogens is 2. The Morgan fingerprint density at radius 2 is 1.69 bits per heavy atom. The minimum Gasteiger partial charge on any atom is -0.399 e. The van der Waals surface area contributed by atoms with E-state index in [1.807, 2.05) is 0 Å². The largest absolute Gasteiger partial charge is 0.399 e. The number of hydrogen-bond donors (Lipinski definition) is 2. The van der Waals surface area contributed by atoms with Crippen LogP contribution in [-0.2, 0) is 6.54 Å². The molecule has 4 aromatic rings. The summed E-state index contributed by atoms with van der Waals surface area (Å²) in [6, 6.07) is 5.68. The molecule has 0 aliphatic carbocycles. The minimum atomic E-state index is -0.748. The molecule has 3 heterocycles. The highest BCUT2D eigenvalue weighted by molar-refractivity contribution is 5.90. The van der Waals surface area contributed by atoms with Crippen molar-refractivity contribution in [3.63, 3.8) is 0 Å². The van der Waals surface area contributed by atoms with Crippen LogP contribution >= 0.6 is 0 Å². The summed E-state index contributed by atoms with van der Waals surface area (Å²) in [5, 5.41) is 4.81. The molecular formula is C17H13F2N7. The number of fused-ring (bicyclic) bond motifs is 1. The molecule has 0 aliphatic heterocycles. The number of pyridine rings is 1. The van der Waals surface area contributed by atoms with Crippen LogP contribution in [0.2, 0.25) is 0 Å². The van der Waals surface area contributed by atoms with Gasteiger partial charge in [0.2, 0.25) is 5.95 Å². The number of nitrogens with zero attached hydrogens (tertiary/aromatic N) is 5. The summed E-state index contributed by atoms with van der Waals surface area (Å²) < 4.78 is 29.6. The fraction of sp³-hybridized carbons (Fsp3) is 0.0588. The van der Waals surface area contributed by atoms with Crippen molar-refractivity contribution in [2.24, 2.45) is 0 Å². The standard InChI is InChI=1S/C17H13F2N7/c18-13-5-10(20)6-14(19)12(13)8-26-16-11(7-23-26)15(24-17(21)25-16)9-1-3-22-4-2-9/h1-7H,8,20H2,(H2,21,24,25). The molecule has 3 aromatic heterocycles. The lowest BCUT2D eigenvalue weighted by atomic mass is 10.1. The average Bonchev–Trinajstić information content (AvgIpc) is 3.00. The highest BCUT2D eigenvalue weighted by Gasteiger charge is 2.17. The van der Waals surface area contributed by atoms with E-state index in [9.17, 15) is 8.78 Å². The fourth-order valence-corrected chi connectivity index (χ4v) is 2.74. The molecule has 0 atom stereocenters. The van der Waals surface area contributed by atoms with Gasteiger partial charge < -0.3 is 11.5 Å². The molecular weight excluding hydrogens is 340 g/mol. The summed E-state index contributed by atoms with van der Waals surface area (Å²) in [7, 11) is 0. The van der Waals surface area contributed by atoms with Crippen LogP contribution < -0.4 is 11.5 Å². The fourth-order valence-electron chi connectivity index (χ4n) is 2.74. The molecule has 0 bridgehead atoms. The lowest BCUT2D eigenvalue weighted by molar-refractivity contribution is 0.537. The summed E-state index contributed by atoms with van der Waals surface area (Å²) in [5.74, 6) is -1.46. The van der Waals surface area contributed by atoms with Crippen LogP contribution in [0.3, 0.4) is 0 Å². The zero-order chi connectivity index (χ0) is 18.3. The van der Waals surface area contributed by atoms with Crippen molar-refractivity contribution in [1.82, 2.24) is 24.7 Å². The molecule has 9 heteroatoms. The smallest absolute Gasteiger partial charge is 0.222 e. The van der Waals surface area contributed by atoms with Crippen molar-refractivity contribution in [3.05, 3.63) is 60.1 Å². The van der Waals surface area contributed by atoms with E-state index in [1.54, 1.807) is 24.5 Å². The Bertz CT molecular complexity index is 1090. The van der Waals surface area contributed by atoms with Crippen molar-refractivity contribution >= 4 is 22.7 Å². The monoisotopic (exact) mass is 353 g/mol. The lowest BCUT2D eigenvalue weighted by Crippen LogP contribution is -2.08. The topological polar surface area (TPSA) is 109 Å². The zero-order valence-corrected chi connectivity index (χ0v) is 13.4. The molecule has 0 spiro atoms. The van der Waals surface area contributed by atoms with Crippen molar-refractivity contribution < 1.29 is 8.78 Å². The van der Waals surface area contributed by atoms with Gasteiger partial charge in [-0.15, -0.1) is 0 Å². The van der Waals surface area contributed by atoms with Gasteiger partial charge in [-0.25, -0.2) is 18.4 Å². The van der Waals surface area contributed by atoms with Crippen molar-refractivity contribution in [2.75, 3.05) is 11.5 Å². The molecule has 0 radical (unpaired) electrons. The van der Waals surface area contributed by atoms with Crippen LogP contribution in [0.4, 0.5) is 20.4 Å². The Balaban J connectivity index is 1.85. The van der Waals surface area contributed by atoms with Gasteiger partial charge in [0.05, 0.1) is 23.8 Å². The Kier molecular flexibility index (Phi) is 3.68. The van der Waals surface area contributed by atoms with E-state index in [-0.39, 0.29) is 23.7 Å². The molecule has 4 N–H and O–H groups in total. The summed E-state index contributed by atoms with van der Waals surface area (Å²) in [6.07, 6.45) is 4.80. The van der Waals surface area contributed by atoms with E-state index in [0.29, 0.717) is 16.7 Å². The number of aromatic nitrogens is 5. The first-order chi connectivity index (χ1) is 12.5. The first kappa shape index (κ1) is 15.9. The predicted molar refractivity (Wildman–Crippen MR) is 92.8 cm³/mol. The maximum absolute atomic E-state index is 14.1. The molecule has 0 unspecified atom stereocenters. The third-order valence-corrected chi connectivity index (χ3v) is 3.94. The van der Waals surface area contributed by atoms with E-state index in [1.165, 1.54) is 10.9 Å². The van der Waals surface area contributed by atoms with Crippen LogP contribution in [0.5, 0.6) is 0 Å². The minimum absolute atomic E-state index is 0.0145.